The third-order valence-electron chi connectivity index (χ3n) is 4.22. The number of fused-ring (bicyclic) bond motifs is 1. The van der Waals surface area contributed by atoms with Crippen molar-refractivity contribution < 1.29 is 5.11 Å². The molecule has 1 heterocycles. The van der Waals surface area contributed by atoms with Gasteiger partial charge in [0, 0.05) is 32.6 Å². The molecule has 0 saturated carbocycles. The van der Waals surface area contributed by atoms with Crippen molar-refractivity contribution in [2.45, 2.75) is 5.92 Å². The summed E-state index contributed by atoms with van der Waals surface area (Å²) >= 11 is 1.65. The second kappa shape index (κ2) is 9.89. The fraction of sp³-hybridized carbons (Fsp3) is 0.300. The van der Waals surface area contributed by atoms with Crippen LogP contribution in [-0.2, 0) is 0 Å². The topological polar surface area (TPSA) is 81.6 Å². The molecule has 0 aliphatic rings. The summed E-state index contributed by atoms with van der Waals surface area (Å²) in [6, 6.07) is 18.1. The molecule has 0 aliphatic heterocycles. The lowest BCUT2D eigenvalue weighted by molar-refractivity contribution is 0.265. The Kier molecular flexibility index (Phi) is 7.01. The molecule has 0 aliphatic carbocycles. The molecule has 142 valence electrons. The highest BCUT2D eigenvalue weighted by Crippen LogP contribution is 2.24. The first-order chi connectivity index (χ1) is 13.3. The molecule has 4 N–H and O–H groups in total. The van der Waals surface area contributed by atoms with E-state index in [0.717, 1.165) is 28.7 Å². The van der Waals surface area contributed by atoms with E-state index in [-0.39, 0.29) is 12.5 Å². The Hall–Kier alpha value is -2.64. The minimum atomic E-state index is 0.0330. The molecular weight excluding hydrogens is 358 g/mol. The number of aliphatic imine (C=N–C) groups is 1. The molecule has 3 aromatic rings. The molecule has 1 unspecified atom stereocenters. The molecule has 0 saturated heterocycles. The summed E-state index contributed by atoms with van der Waals surface area (Å²) in [7, 11) is 1.74. The zero-order valence-electron chi connectivity index (χ0n) is 15.4. The number of anilines is 1. The van der Waals surface area contributed by atoms with Gasteiger partial charge in [0.1, 0.15) is 0 Å². The van der Waals surface area contributed by atoms with Crippen LogP contribution in [-0.4, -0.2) is 49.3 Å². The zero-order chi connectivity index (χ0) is 18.9. The fourth-order valence-electron chi connectivity index (χ4n) is 2.75. The monoisotopic (exact) mass is 383 g/mol. The number of para-hydroxylation sites is 1. The summed E-state index contributed by atoms with van der Waals surface area (Å²) in [6.45, 7) is 2.16. The summed E-state index contributed by atoms with van der Waals surface area (Å²) in [5, 5.41) is 20.5. The largest absolute Gasteiger partial charge is 0.396 e. The van der Waals surface area contributed by atoms with Gasteiger partial charge >= 0.3 is 0 Å². The molecule has 1 aromatic heterocycles. The molecule has 7 heteroatoms. The number of aliphatic hydroxyl groups excluding tert-OH is 1. The average molecular weight is 384 g/mol. The van der Waals surface area contributed by atoms with Gasteiger partial charge in [0.05, 0.1) is 16.8 Å². The van der Waals surface area contributed by atoms with Crippen molar-refractivity contribution in [3.8, 4) is 0 Å². The van der Waals surface area contributed by atoms with Gasteiger partial charge in [0.25, 0.3) is 0 Å². The predicted octanol–water partition coefficient (Wildman–Crippen LogP) is 2.65. The molecule has 0 bridgehead atoms. The summed E-state index contributed by atoms with van der Waals surface area (Å²) in [5.41, 5.74) is 2.13. The zero-order valence-corrected chi connectivity index (χ0v) is 16.2. The Morgan fingerprint density at radius 1 is 1.07 bits per heavy atom. The Balaban J connectivity index is 1.42. The Morgan fingerprint density at radius 3 is 2.59 bits per heavy atom. The van der Waals surface area contributed by atoms with E-state index in [0.29, 0.717) is 13.1 Å². The van der Waals surface area contributed by atoms with E-state index in [1.807, 2.05) is 48.5 Å². The van der Waals surface area contributed by atoms with Crippen molar-refractivity contribution in [1.82, 2.24) is 15.6 Å². The first-order valence-corrected chi connectivity index (χ1v) is 9.81. The second-order valence-electron chi connectivity index (χ2n) is 6.08. The number of nitrogens with one attached hydrogen (secondary N) is 3. The van der Waals surface area contributed by atoms with Crippen LogP contribution in [0.3, 0.4) is 0 Å². The Morgan fingerprint density at radius 2 is 1.85 bits per heavy atom. The van der Waals surface area contributed by atoms with Crippen molar-refractivity contribution in [3.63, 3.8) is 0 Å². The number of hydrogen-bond donors (Lipinski definition) is 4. The van der Waals surface area contributed by atoms with Gasteiger partial charge in [-0.3, -0.25) is 4.99 Å². The summed E-state index contributed by atoms with van der Waals surface area (Å²) in [6.07, 6.45) is 0. The van der Waals surface area contributed by atoms with Crippen molar-refractivity contribution in [3.05, 3.63) is 60.2 Å². The van der Waals surface area contributed by atoms with Gasteiger partial charge in [-0.1, -0.05) is 53.8 Å². The van der Waals surface area contributed by atoms with Gasteiger partial charge in [0.15, 0.2) is 11.1 Å². The van der Waals surface area contributed by atoms with Crippen LogP contribution in [0.1, 0.15) is 11.5 Å². The number of nitrogens with zero attached hydrogens (tertiary/aromatic N) is 2. The standard InChI is InChI=1S/C20H25N5OS/c1-21-19(24-13-16(14-26)15-7-3-2-4-8-15)22-11-12-23-20-25-17-9-5-6-10-18(17)27-20/h2-10,16,26H,11-14H2,1H3,(H,23,25)(H2,21,22,24). The van der Waals surface area contributed by atoms with Crippen molar-refractivity contribution in [2.24, 2.45) is 4.99 Å². The number of rotatable bonds is 8. The van der Waals surface area contributed by atoms with Crippen molar-refractivity contribution in [2.75, 3.05) is 38.6 Å². The summed E-state index contributed by atoms with van der Waals surface area (Å²) in [4.78, 5) is 8.80. The van der Waals surface area contributed by atoms with Gasteiger partial charge in [-0.05, 0) is 17.7 Å². The molecule has 6 nitrogen and oxygen atoms in total. The van der Waals surface area contributed by atoms with E-state index in [2.05, 4.69) is 32.0 Å². The van der Waals surface area contributed by atoms with Crippen LogP contribution in [0.4, 0.5) is 5.13 Å². The Bertz CT molecular complexity index is 832. The lowest BCUT2D eigenvalue weighted by Crippen LogP contribution is -2.41. The van der Waals surface area contributed by atoms with E-state index < -0.39 is 0 Å². The van der Waals surface area contributed by atoms with E-state index in [9.17, 15) is 5.11 Å². The smallest absolute Gasteiger partial charge is 0.191 e. The highest BCUT2D eigenvalue weighted by molar-refractivity contribution is 7.22. The molecule has 3 rings (SSSR count). The molecule has 0 amide bonds. The van der Waals surface area contributed by atoms with Crippen LogP contribution in [0.25, 0.3) is 10.2 Å². The first-order valence-electron chi connectivity index (χ1n) is 9.00. The van der Waals surface area contributed by atoms with Crippen LogP contribution >= 0.6 is 11.3 Å². The average Bonchev–Trinajstić information content (AvgIpc) is 3.13. The minimum Gasteiger partial charge on any atom is -0.396 e. The normalized spacial score (nSPS) is 12.7. The molecule has 0 radical (unpaired) electrons. The van der Waals surface area contributed by atoms with Crippen LogP contribution < -0.4 is 16.0 Å². The first kappa shape index (κ1) is 19.1. The second-order valence-corrected chi connectivity index (χ2v) is 7.11. The fourth-order valence-corrected chi connectivity index (χ4v) is 3.64. The SMILES string of the molecule is CN=C(NCCNc1nc2ccccc2s1)NCC(CO)c1ccccc1. The molecular formula is C20H25N5OS. The summed E-state index contributed by atoms with van der Waals surface area (Å²) < 4.78 is 1.18. The number of thiazole rings is 1. The molecule has 27 heavy (non-hydrogen) atoms. The maximum atomic E-state index is 9.65. The lowest BCUT2D eigenvalue weighted by atomic mass is 10.0. The number of aliphatic hydroxyl groups is 1. The molecule has 2 aromatic carbocycles. The van der Waals surface area contributed by atoms with E-state index >= 15 is 0 Å². The van der Waals surface area contributed by atoms with Crippen LogP contribution in [0.15, 0.2) is 59.6 Å². The molecule has 0 fully saturated rings. The van der Waals surface area contributed by atoms with E-state index in [1.165, 1.54) is 4.70 Å². The summed E-state index contributed by atoms with van der Waals surface area (Å²) in [5.74, 6) is 0.751. The third-order valence-corrected chi connectivity index (χ3v) is 5.21. The number of hydrogen-bond acceptors (Lipinski definition) is 5. The molecule has 1 atom stereocenters. The van der Waals surface area contributed by atoms with Gasteiger partial charge in [-0.25, -0.2) is 4.98 Å². The van der Waals surface area contributed by atoms with E-state index in [1.54, 1.807) is 18.4 Å². The number of guanidine groups is 1. The maximum absolute atomic E-state index is 9.65. The highest BCUT2D eigenvalue weighted by Gasteiger charge is 2.10. The van der Waals surface area contributed by atoms with E-state index in [4.69, 9.17) is 0 Å². The maximum Gasteiger partial charge on any atom is 0.191 e. The quantitative estimate of drug-likeness (QED) is 0.273. The van der Waals surface area contributed by atoms with Crippen LogP contribution in [0, 0.1) is 0 Å². The predicted molar refractivity (Wildman–Crippen MR) is 114 cm³/mol. The van der Waals surface area contributed by atoms with Gasteiger partial charge in [-0.2, -0.15) is 0 Å². The number of aromatic nitrogens is 1. The minimum absolute atomic E-state index is 0.0330. The van der Waals surface area contributed by atoms with Crippen LogP contribution in [0.2, 0.25) is 0 Å². The molecule has 0 spiro atoms. The highest BCUT2D eigenvalue weighted by atomic mass is 32.1. The van der Waals surface area contributed by atoms with Gasteiger partial charge in [0.2, 0.25) is 0 Å². The van der Waals surface area contributed by atoms with Gasteiger partial charge in [-0.15, -0.1) is 0 Å². The van der Waals surface area contributed by atoms with Crippen molar-refractivity contribution >= 4 is 32.6 Å². The third kappa shape index (κ3) is 5.42. The lowest BCUT2D eigenvalue weighted by Gasteiger charge is -2.18. The van der Waals surface area contributed by atoms with Crippen molar-refractivity contribution in [1.29, 1.82) is 0 Å². The van der Waals surface area contributed by atoms with Gasteiger partial charge < -0.3 is 21.1 Å². The van der Waals surface area contributed by atoms with Crippen LogP contribution in [0.5, 0.6) is 0 Å². The Labute approximate surface area is 163 Å². The number of benzene rings is 2.